The summed E-state index contributed by atoms with van der Waals surface area (Å²) in [4.78, 5) is 5.52. The monoisotopic (exact) mass is 341 g/mol. The van der Waals surface area contributed by atoms with Crippen molar-refractivity contribution in [3.8, 4) is 0 Å². The summed E-state index contributed by atoms with van der Waals surface area (Å²) in [7, 11) is 4.20. The van der Waals surface area contributed by atoms with Gasteiger partial charge in [0.25, 0.3) is 0 Å². The Kier molecular flexibility index (Phi) is 4.48. The first-order valence-electron chi connectivity index (χ1n) is 6.44. The van der Waals surface area contributed by atoms with Crippen molar-refractivity contribution in [1.29, 1.82) is 0 Å². The molecule has 104 valence electrons. The minimum absolute atomic E-state index is 0.373. The average molecular weight is 342 g/mol. The number of fused-ring (bicyclic) bond motifs is 1. The number of likely N-dealkylation sites (N-methyl/N-ethyl adjacent to an activating group) is 1. The lowest BCUT2D eigenvalue weighted by atomic mass is 10.0. The number of rotatable bonds is 4. The number of nitrogens with one attached hydrogen (secondary N) is 1. The molecule has 5 heteroatoms. The minimum atomic E-state index is 0.373. The van der Waals surface area contributed by atoms with Crippen LogP contribution in [0, 0.1) is 10.7 Å². The van der Waals surface area contributed by atoms with Crippen LogP contribution in [-0.4, -0.2) is 35.1 Å². The summed E-state index contributed by atoms with van der Waals surface area (Å²) in [6.45, 7) is 5.47. The van der Waals surface area contributed by atoms with Gasteiger partial charge < -0.3 is 14.5 Å². The molecule has 1 aromatic carbocycles. The van der Waals surface area contributed by atoms with Crippen molar-refractivity contribution in [3.63, 3.8) is 0 Å². The molecule has 0 aliphatic carbocycles. The molecule has 0 fully saturated rings. The molecule has 0 bridgehead atoms. The zero-order valence-electron chi connectivity index (χ0n) is 11.8. The molecule has 0 saturated carbocycles. The molecule has 1 heterocycles. The smallest absolute Gasteiger partial charge is 0.178 e. The molecule has 1 atom stereocenters. The van der Waals surface area contributed by atoms with E-state index in [0.29, 0.717) is 12.0 Å². The van der Waals surface area contributed by atoms with Crippen LogP contribution in [0.25, 0.3) is 11.0 Å². The van der Waals surface area contributed by atoms with Crippen molar-refractivity contribution in [2.24, 2.45) is 5.92 Å². The predicted molar refractivity (Wildman–Crippen MR) is 87.3 cm³/mol. The maximum Gasteiger partial charge on any atom is 0.178 e. The third-order valence-corrected chi connectivity index (χ3v) is 4.12. The Morgan fingerprint density at radius 3 is 2.63 bits per heavy atom. The highest BCUT2D eigenvalue weighted by Crippen LogP contribution is 2.26. The number of imidazole rings is 1. The minimum Gasteiger partial charge on any atom is -0.331 e. The van der Waals surface area contributed by atoms with Crippen LogP contribution >= 0.6 is 28.1 Å². The molecule has 0 aliphatic rings. The van der Waals surface area contributed by atoms with Gasteiger partial charge in [-0.1, -0.05) is 29.8 Å². The molecule has 1 unspecified atom stereocenters. The number of benzene rings is 1. The van der Waals surface area contributed by atoms with E-state index in [1.54, 1.807) is 0 Å². The number of hydrogen-bond donors (Lipinski definition) is 1. The van der Waals surface area contributed by atoms with Crippen LogP contribution in [0.15, 0.2) is 22.7 Å². The fourth-order valence-corrected chi connectivity index (χ4v) is 3.10. The first-order chi connectivity index (χ1) is 8.90. The zero-order valence-corrected chi connectivity index (χ0v) is 14.2. The number of halogens is 1. The van der Waals surface area contributed by atoms with Gasteiger partial charge in [0.2, 0.25) is 0 Å². The standard InChI is InChI=1S/C14H20BrN3S/c1-9(2)13(8-17(3)4)18-12-6-5-10(15)7-11(12)16-14(18)19/h5-7,9,13H,8H2,1-4H3,(H,16,19). The topological polar surface area (TPSA) is 24.0 Å². The van der Waals surface area contributed by atoms with Gasteiger partial charge in [-0.3, -0.25) is 0 Å². The molecule has 1 aromatic heterocycles. The highest BCUT2D eigenvalue weighted by molar-refractivity contribution is 9.10. The summed E-state index contributed by atoms with van der Waals surface area (Å²) in [5.74, 6) is 0.525. The van der Waals surface area contributed by atoms with E-state index >= 15 is 0 Å². The first-order valence-corrected chi connectivity index (χ1v) is 7.64. The number of hydrogen-bond acceptors (Lipinski definition) is 2. The Balaban J connectivity index is 2.59. The quantitative estimate of drug-likeness (QED) is 0.841. The van der Waals surface area contributed by atoms with E-state index in [-0.39, 0.29) is 0 Å². The van der Waals surface area contributed by atoms with Gasteiger partial charge in [0.15, 0.2) is 4.77 Å². The number of aromatic nitrogens is 2. The van der Waals surface area contributed by atoms with Gasteiger partial charge in [-0.05, 0) is 50.4 Å². The Labute approximate surface area is 127 Å². The summed E-state index contributed by atoms with van der Waals surface area (Å²) in [6.07, 6.45) is 0. The van der Waals surface area contributed by atoms with Crippen LogP contribution in [-0.2, 0) is 0 Å². The molecule has 0 radical (unpaired) electrons. The molecule has 2 rings (SSSR count). The maximum absolute atomic E-state index is 5.52. The van der Waals surface area contributed by atoms with E-state index in [9.17, 15) is 0 Å². The summed E-state index contributed by atoms with van der Waals surface area (Å²) in [5.41, 5.74) is 2.26. The van der Waals surface area contributed by atoms with Gasteiger partial charge in [-0.15, -0.1) is 0 Å². The molecule has 2 aromatic rings. The normalized spacial score (nSPS) is 13.6. The molecular formula is C14H20BrN3S. The lowest BCUT2D eigenvalue weighted by molar-refractivity contribution is 0.272. The molecular weight excluding hydrogens is 322 g/mol. The first kappa shape index (κ1) is 14.8. The average Bonchev–Trinajstić information content (AvgIpc) is 2.60. The van der Waals surface area contributed by atoms with Crippen LogP contribution < -0.4 is 0 Å². The lowest BCUT2D eigenvalue weighted by Crippen LogP contribution is -2.28. The fourth-order valence-electron chi connectivity index (χ4n) is 2.40. The highest BCUT2D eigenvalue weighted by Gasteiger charge is 2.19. The second-order valence-electron chi connectivity index (χ2n) is 5.54. The van der Waals surface area contributed by atoms with Gasteiger partial charge in [0.1, 0.15) is 0 Å². The Morgan fingerprint density at radius 2 is 2.05 bits per heavy atom. The van der Waals surface area contributed by atoms with Gasteiger partial charge >= 0.3 is 0 Å². The highest BCUT2D eigenvalue weighted by atomic mass is 79.9. The van der Waals surface area contributed by atoms with Crippen molar-refractivity contribution in [1.82, 2.24) is 14.5 Å². The van der Waals surface area contributed by atoms with Crippen molar-refractivity contribution in [3.05, 3.63) is 27.4 Å². The molecule has 0 amide bonds. The van der Waals surface area contributed by atoms with Crippen LogP contribution in [0.1, 0.15) is 19.9 Å². The van der Waals surface area contributed by atoms with E-state index in [4.69, 9.17) is 12.2 Å². The van der Waals surface area contributed by atoms with Crippen molar-refractivity contribution >= 4 is 39.2 Å². The molecule has 19 heavy (non-hydrogen) atoms. The van der Waals surface area contributed by atoms with Gasteiger partial charge in [0.05, 0.1) is 17.1 Å². The number of aromatic amines is 1. The van der Waals surface area contributed by atoms with E-state index in [1.165, 1.54) is 5.52 Å². The Morgan fingerprint density at radius 1 is 1.37 bits per heavy atom. The van der Waals surface area contributed by atoms with Gasteiger partial charge in [-0.25, -0.2) is 0 Å². The second kappa shape index (κ2) is 5.77. The van der Waals surface area contributed by atoms with Gasteiger partial charge in [-0.2, -0.15) is 0 Å². The molecule has 0 aliphatic heterocycles. The van der Waals surface area contributed by atoms with E-state index in [1.807, 2.05) is 0 Å². The third-order valence-electron chi connectivity index (χ3n) is 3.33. The number of nitrogens with zero attached hydrogens (tertiary/aromatic N) is 2. The summed E-state index contributed by atoms with van der Waals surface area (Å²) < 4.78 is 4.12. The van der Waals surface area contributed by atoms with Crippen molar-refractivity contribution in [2.75, 3.05) is 20.6 Å². The summed E-state index contributed by atoms with van der Waals surface area (Å²) in [6, 6.07) is 6.64. The molecule has 3 nitrogen and oxygen atoms in total. The van der Waals surface area contributed by atoms with Crippen LogP contribution in [0.4, 0.5) is 0 Å². The SMILES string of the molecule is CC(C)C(CN(C)C)n1c(=S)[nH]c2cc(Br)ccc21. The molecule has 0 saturated heterocycles. The predicted octanol–water partition coefficient (Wildman–Crippen LogP) is 4.22. The summed E-state index contributed by atoms with van der Waals surface area (Å²) in [5, 5.41) is 0. The van der Waals surface area contributed by atoms with Gasteiger partial charge in [0, 0.05) is 11.0 Å². The van der Waals surface area contributed by atoms with Crippen LogP contribution in [0.3, 0.4) is 0 Å². The number of H-pyrrole nitrogens is 1. The summed E-state index contributed by atoms with van der Waals surface area (Å²) >= 11 is 9.02. The second-order valence-corrected chi connectivity index (χ2v) is 6.84. The van der Waals surface area contributed by atoms with Crippen LogP contribution in [0.2, 0.25) is 0 Å². The van der Waals surface area contributed by atoms with E-state index in [0.717, 1.165) is 21.3 Å². The maximum atomic E-state index is 5.52. The van der Waals surface area contributed by atoms with Crippen molar-refractivity contribution in [2.45, 2.75) is 19.9 Å². The van der Waals surface area contributed by atoms with E-state index in [2.05, 4.69) is 76.5 Å². The van der Waals surface area contributed by atoms with E-state index < -0.39 is 0 Å². The van der Waals surface area contributed by atoms with Crippen molar-refractivity contribution < 1.29 is 0 Å². The zero-order chi connectivity index (χ0) is 14.2. The lowest BCUT2D eigenvalue weighted by Gasteiger charge is -2.26. The Bertz CT molecular complexity index is 627. The largest absolute Gasteiger partial charge is 0.331 e. The molecule has 0 spiro atoms. The fraction of sp³-hybridized carbons (Fsp3) is 0.500. The third kappa shape index (κ3) is 3.09. The molecule has 1 N–H and O–H groups in total. The van der Waals surface area contributed by atoms with Crippen LogP contribution in [0.5, 0.6) is 0 Å². The Hall–Kier alpha value is -0.650.